The van der Waals surface area contributed by atoms with E-state index in [1.54, 1.807) is 0 Å². The molecule has 0 amide bonds. The third kappa shape index (κ3) is 2.31. The highest BCUT2D eigenvalue weighted by Crippen LogP contribution is 2.31. The average Bonchev–Trinajstić information content (AvgIpc) is 2.68. The first-order chi connectivity index (χ1) is 7.42. The summed E-state index contributed by atoms with van der Waals surface area (Å²) in [6.45, 7) is 1.68. The number of fused-ring (bicyclic) bond motifs is 1. The van der Waals surface area contributed by atoms with E-state index in [-0.39, 0.29) is 0 Å². The molecular weight excluding hydrogens is 186 g/mol. The smallest absolute Gasteiger partial charge is 0.124 e. The highest BCUT2D eigenvalue weighted by Gasteiger charge is 2.22. The van der Waals surface area contributed by atoms with Crippen LogP contribution in [0.3, 0.4) is 0 Å². The molecule has 0 saturated heterocycles. The number of ether oxygens (including phenoxy) is 1. The maximum Gasteiger partial charge on any atom is 0.124 e. The Labute approximate surface area is 90.6 Å². The molecule has 2 nitrogen and oxygen atoms in total. The van der Waals surface area contributed by atoms with E-state index in [1.807, 2.05) is 18.2 Å². The monoisotopic (exact) mass is 201 g/mol. The summed E-state index contributed by atoms with van der Waals surface area (Å²) in [4.78, 5) is 0. The molecule has 1 unspecified atom stereocenters. The number of hydrogen-bond acceptors (Lipinski definition) is 2. The Balaban J connectivity index is 1.88. The quantitative estimate of drug-likeness (QED) is 0.595. The van der Waals surface area contributed by atoms with Gasteiger partial charge in [-0.1, -0.05) is 18.2 Å². The molecule has 1 heterocycles. The van der Waals surface area contributed by atoms with Crippen molar-refractivity contribution in [3.8, 4) is 18.1 Å². The standard InChI is InChI=1S/C13H15NO/c1-2-3-6-9-14-12-10-15-13-8-5-4-7-11(12)13/h1,4-5,7-8,12,14H,3,6,9-10H2. The van der Waals surface area contributed by atoms with Crippen LogP contribution >= 0.6 is 0 Å². The molecule has 0 saturated carbocycles. The van der Waals surface area contributed by atoms with Crippen molar-refractivity contribution in [2.24, 2.45) is 0 Å². The van der Waals surface area contributed by atoms with E-state index in [0.717, 1.165) is 31.7 Å². The van der Waals surface area contributed by atoms with Crippen LogP contribution in [0.1, 0.15) is 24.4 Å². The lowest BCUT2D eigenvalue weighted by molar-refractivity contribution is 0.311. The molecule has 0 bridgehead atoms. The predicted molar refractivity (Wildman–Crippen MR) is 60.7 cm³/mol. The van der Waals surface area contributed by atoms with Gasteiger partial charge in [0, 0.05) is 12.0 Å². The van der Waals surface area contributed by atoms with Gasteiger partial charge in [-0.25, -0.2) is 0 Å². The van der Waals surface area contributed by atoms with Crippen LogP contribution in [0.5, 0.6) is 5.75 Å². The minimum atomic E-state index is 0.332. The normalized spacial score (nSPS) is 17.9. The lowest BCUT2D eigenvalue weighted by atomic mass is 10.1. The Kier molecular flexibility index (Phi) is 3.26. The first kappa shape index (κ1) is 10.1. The summed E-state index contributed by atoms with van der Waals surface area (Å²) in [6.07, 6.45) is 7.06. The van der Waals surface area contributed by atoms with Gasteiger partial charge < -0.3 is 10.1 Å². The molecule has 1 aromatic carbocycles. The van der Waals surface area contributed by atoms with Crippen molar-refractivity contribution < 1.29 is 4.74 Å². The second-order valence-electron chi connectivity index (χ2n) is 3.66. The van der Waals surface area contributed by atoms with Gasteiger partial charge in [0.05, 0.1) is 6.04 Å². The summed E-state index contributed by atoms with van der Waals surface area (Å²) in [7, 11) is 0. The molecule has 0 spiro atoms. The fourth-order valence-electron chi connectivity index (χ4n) is 1.80. The van der Waals surface area contributed by atoms with E-state index in [1.165, 1.54) is 5.56 Å². The molecule has 1 aliphatic heterocycles. The van der Waals surface area contributed by atoms with Gasteiger partial charge in [0.15, 0.2) is 0 Å². The molecule has 1 N–H and O–H groups in total. The second-order valence-corrected chi connectivity index (χ2v) is 3.66. The number of para-hydroxylation sites is 1. The molecular formula is C13H15NO. The number of terminal acetylenes is 1. The zero-order valence-corrected chi connectivity index (χ0v) is 8.70. The minimum absolute atomic E-state index is 0.332. The molecule has 1 aromatic rings. The highest BCUT2D eigenvalue weighted by atomic mass is 16.5. The molecule has 2 rings (SSSR count). The summed E-state index contributed by atoms with van der Waals surface area (Å²) in [5.41, 5.74) is 1.26. The molecule has 0 aliphatic carbocycles. The first-order valence-electron chi connectivity index (χ1n) is 5.30. The Hall–Kier alpha value is -1.46. The molecule has 1 aliphatic rings. The van der Waals surface area contributed by atoms with Gasteiger partial charge in [-0.15, -0.1) is 12.3 Å². The average molecular weight is 201 g/mol. The number of benzene rings is 1. The molecule has 78 valence electrons. The summed E-state index contributed by atoms with van der Waals surface area (Å²) in [5, 5.41) is 3.45. The van der Waals surface area contributed by atoms with E-state index < -0.39 is 0 Å². The fourth-order valence-corrected chi connectivity index (χ4v) is 1.80. The van der Waals surface area contributed by atoms with Gasteiger partial charge in [-0.05, 0) is 19.0 Å². The van der Waals surface area contributed by atoms with Gasteiger partial charge in [-0.2, -0.15) is 0 Å². The molecule has 2 heteroatoms. The summed E-state index contributed by atoms with van der Waals surface area (Å²) in [6, 6.07) is 8.50. The maximum atomic E-state index is 5.57. The van der Waals surface area contributed by atoms with Crippen LogP contribution in [-0.2, 0) is 0 Å². The molecule has 0 fully saturated rings. The van der Waals surface area contributed by atoms with Crippen LogP contribution in [0.4, 0.5) is 0 Å². The van der Waals surface area contributed by atoms with Gasteiger partial charge >= 0.3 is 0 Å². The van der Waals surface area contributed by atoms with Gasteiger partial charge in [0.25, 0.3) is 0 Å². The van der Waals surface area contributed by atoms with Crippen LogP contribution in [0.25, 0.3) is 0 Å². The Morgan fingerprint density at radius 1 is 1.47 bits per heavy atom. The van der Waals surface area contributed by atoms with Crippen molar-refractivity contribution in [2.45, 2.75) is 18.9 Å². The number of nitrogens with one attached hydrogen (secondary N) is 1. The van der Waals surface area contributed by atoms with E-state index in [4.69, 9.17) is 11.2 Å². The summed E-state index contributed by atoms with van der Waals surface area (Å²) >= 11 is 0. The maximum absolute atomic E-state index is 5.57. The predicted octanol–water partition coefficient (Wildman–Crippen LogP) is 2.12. The lowest BCUT2D eigenvalue weighted by Gasteiger charge is -2.10. The van der Waals surface area contributed by atoms with Crippen molar-refractivity contribution in [1.82, 2.24) is 5.32 Å². The Morgan fingerprint density at radius 3 is 3.20 bits per heavy atom. The van der Waals surface area contributed by atoms with Crippen LogP contribution in [0.15, 0.2) is 24.3 Å². The third-order valence-electron chi connectivity index (χ3n) is 2.59. The second kappa shape index (κ2) is 4.86. The molecule has 0 aromatic heterocycles. The van der Waals surface area contributed by atoms with Gasteiger partial charge in [0.1, 0.15) is 12.4 Å². The van der Waals surface area contributed by atoms with Gasteiger partial charge in [-0.3, -0.25) is 0 Å². The third-order valence-corrected chi connectivity index (χ3v) is 2.59. The van der Waals surface area contributed by atoms with E-state index in [2.05, 4.69) is 17.3 Å². The van der Waals surface area contributed by atoms with Crippen molar-refractivity contribution in [3.05, 3.63) is 29.8 Å². The Bertz CT molecular complexity index is 367. The zero-order valence-electron chi connectivity index (χ0n) is 8.70. The number of rotatable bonds is 4. The van der Waals surface area contributed by atoms with Gasteiger partial charge in [0.2, 0.25) is 0 Å². The van der Waals surface area contributed by atoms with E-state index in [9.17, 15) is 0 Å². The SMILES string of the molecule is C#CCCCNC1COc2ccccc21. The largest absolute Gasteiger partial charge is 0.491 e. The van der Waals surface area contributed by atoms with Crippen molar-refractivity contribution >= 4 is 0 Å². The van der Waals surface area contributed by atoms with E-state index in [0.29, 0.717) is 6.04 Å². The van der Waals surface area contributed by atoms with Crippen LogP contribution in [0.2, 0.25) is 0 Å². The van der Waals surface area contributed by atoms with Crippen molar-refractivity contribution in [1.29, 1.82) is 0 Å². The number of hydrogen-bond donors (Lipinski definition) is 1. The van der Waals surface area contributed by atoms with Crippen LogP contribution < -0.4 is 10.1 Å². The molecule has 15 heavy (non-hydrogen) atoms. The molecule has 0 radical (unpaired) electrons. The minimum Gasteiger partial charge on any atom is -0.491 e. The highest BCUT2D eigenvalue weighted by molar-refractivity contribution is 5.39. The first-order valence-corrected chi connectivity index (χ1v) is 5.30. The summed E-state index contributed by atoms with van der Waals surface area (Å²) in [5.74, 6) is 3.65. The van der Waals surface area contributed by atoms with Crippen molar-refractivity contribution in [3.63, 3.8) is 0 Å². The zero-order chi connectivity index (χ0) is 10.5. The molecule has 1 atom stereocenters. The van der Waals surface area contributed by atoms with Crippen LogP contribution in [-0.4, -0.2) is 13.2 Å². The number of unbranched alkanes of at least 4 members (excludes halogenated alkanes) is 1. The fraction of sp³-hybridized carbons (Fsp3) is 0.385. The summed E-state index contributed by atoms with van der Waals surface area (Å²) < 4.78 is 5.57. The Morgan fingerprint density at radius 2 is 2.33 bits per heavy atom. The van der Waals surface area contributed by atoms with Crippen LogP contribution in [0, 0.1) is 12.3 Å². The van der Waals surface area contributed by atoms with E-state index >= 15 is 0 Å². The van der Waals surface area contributed by atoms with Crippen molar-refractivity contribution in [2.75, 3.05) is 13.2 Å². The topological polar surface area (TPSA) is 21.3 Å². The lowest BCUT2D eigenvalue weighted by Crippen LogP contribution is -2.23.